The first kappa shape index (κ1) is 18.4. The highest BCUT2D eigenvalue weighted by molar-refractivity contribution is 9.10. The molecule has 1 aliphatic carbocycles. The van der Waals surface area contributed by atoms with Crippen molar-refractivity contribution < 1.29 is 5.11 Å². The number of hydrogen-bond donors (Lipinski definition) is 2. The molecule has 6 nitrogen and oxygen atoms in total. The lowest BCUT2D eigenvalue weighted by Gasteiger charge is -2.31. The number of aliphatic hydroxyl groups is 1. The molecular weight excluding hydrogens is 406 g/mol. The molecule has 0 bridgehead atoms. The molecule has 7 heteroatoms. The van der Waals surface area contributed by atoms with Crippen LogP contribution in [0.15, 0.2) is 41.3 Å². The van der Waals surface area contributed by atoms with Crippen molar-refractivity contribution in [3.8, 4) is 0 Å². The molecule has 0 saturated heterocycles. The molecular formula is C20H24BrN5O. The van der Waals surface area contributed by atoms with Gasteiger partial charge in [0.05, 0.1) is 10.7 Å². The van der Waals surface area contributed by atoms with Gasteiger partial charge in [0.2, 0.25) is 0 Å². The van der Waals surface area contributed by atoms with Crippen molar-refractivity contribution in [1.82, 2.24) is 19.6 Å². The van der Waals surface area contributed by atoms with Crippen molar-refractivity contribution in [3.05, 3.63) is 52.5 Å². The van der Waals surface area contributed by atoms with Gasteiger partial charge >= 0.3 is 0 Å². The number of fused-ring (bicyclic) bond motifs is 1. The first-order valence-electron chi connectivity index (χ1n) is 9.54. The second kappa shape index (κ2) is 8.35. The molecule has 0 radical (unpaired) electrons. The number of nitrogens with zero attached hydrogens (tertiary/aromatic N) is 4. The Labute approximate surface area is 167 Å². The normalized spacial score (nSPS) is 20.1. The monoisotopic (exact) mass is 429 g/mol. The molecule has 1 saturated carbocycles. The Morgan fingerprint density at radius 2 is 2.15 bits per heavy atom. The molecule has 27 heavy (non-hydrogen) atoms. The summed E-state index contributed by atoms with van der Waals surface area (Å²) in [5.41, 5.74) is 3.04. The van der Waals surface area contributed by atoms with Crippen LogP contribution in [0.1, 0.15) is 49.3 Å². The van der Waals surface area contributed by atoms with Crippen molar-refractivity contribution in [3.63, 3.8) is 0 Å². The Balaban J connectivity index is 1.68. The predicted molar refractivity (Wildman–Crippen MR) is 109 cm³/mol. The standard InChI is InChI=1S/C20H24BrN5O/c21-17-13-24-26-19(23-12-14-4-3-8-22-11-14)10-18(25-20(17)26)16-6-2-1-5-15(16)7-9-27/h3-4,8,10-11,13,15-16,23,27H,1-2,5-7,9,12H2/t15-,16-/m1/s1. The van der Waals surface area contributed by atoms with E-state index in [1.54, 1.807) is 12.4 Å². The van der Waals surface area contributed by atoms with E-state index in [-0.39, 0.29) is 6.61 Å². The van der Waals surface area contributed by atoms with E-state index in [0.29, 0.717) is 18.4 Å². The molecule has 0 unspecified atom stereocenters. The highest BCUT2D eigenvalue weighted by Gasteiger charge is 2.28. The molecule has 0 amide bonds. The van der Waals surface area contributed by atoms with Crippen LogP contribution in [0.5, 0.6) is 0 Å². The van der Waals surface area contributed by atoms with Gasteiger partial charge in [0.25, 0.3) is 0 Å². The molecule has 0 spiro atoms. The lowest BCUT2D eigenvalue weighted by molar-refractivity contribution is 0.210. The first-order chi connectivity index (χ1) is 13.3. The summed E-state index contributed by atoms with van der Waals surface area (Å²) in [6, 6.07) is 6.12. The number of halogens is 1. The molecule has 3 aromatic heterocycles. The number of anilines is 1. The minimum absolute atomic E-state index is 0.242. The zero-order valence-corrected chi connectivity index (χ0v) is 16.8. The SMILES string of the molecule is OCC[C@H]1CCCC[C@H]1c1cc(NCc2cccnc2)n2ncc(Br)c2n1. The van der Waals surface area contributed by atoms with Gasteiger partial charge < -0.3 is 10.4 Å². The Kier molecular flexibility index (Phi) is 5.69. The highest BCUT2D eigenvalue weighted by atomic mass is 79.9. The van der Waals surface area contributed by atoms with E-state index >= 15 is 0 Å². The largest absolute Gasteiger partial charge is 0.396 e. The fourth-order valence-electron chi connectivity index (χ4n) is 4.07. The van der Waals surface area contributed by atoms with Crippen LogP contribution in [0.25, 0.3) is 5.65 Å². The van der Waals surface area contributed by atoms with Crippen LogP contribution in [0.2, 0.25) is 0 Å². The van der Waals surface area contributed by atoms with E-state index < -0.39 is 0 Å². The number of pyridine rings is 1. The zero-order valence-electron chi connectivity index (χ0n) is 15.2. The molecule has 1 aliphatic rings. The maximum absolute atomic E-state index is 9.47. The van der Waals surface area contributed by atoms with Gasteiger partial charge in [-0.15, -0.1) is 0 Å². The molecule has 142 valence electrons. The van der Waals surface area contributed by atoms with Gasteiger partial charge in [-0.2, -0.15) is 9.61 Å². The lowest BCUT2D eigenvalue weighted by Crippen LogP contribution is -2.21. The van der Waals surface area contributed by atoms with Crippen LogP contribution in [0, 0.1) is 5.92 Å². The van der Waals surface area contributed by atoms with E-state index in [4.69, 9.17) is 4.98 Å². The molecule has 4 rings (SSSR count). The molecule has 1 fully saturated rings. The van der Waals surface area contributed by atoms with Crippen LogP contribution in [-0.4, -0.2) is 31.3 Å². The minimum atomic E-state index is 0.242. The third-order valence-electron chi connectivity index (χ3n) is 5.43. The number of nitrogens with one attached hydrogen (secondary N) is 1. The topological polar surface area (TPSA) is 75.3 Å². The van der Waals surface area contributed by atoms with Crippen molar-refractivity contribution in [2.45, 2.75) is 44.6 Å². The average molecular weight is 430 g/mol. The molecule has 3 heterocycles. The molecule has 3 aromatic rings. The molecule has 2 N–H and O–H groups in total. The lowest BCUT2D eigenvalue weighted by atomic mass is 9.76. The van der Waals surface area contributed by atoms with E-state index in [0.717, 1.165) is 46.5 Å². The maximum Gasteiger partial charge on any atom is 0.171 e. The van der Waals surface area contributed by atoms with Gasteiger partial charge in [-0.25, -0.2) is 4.98 Å². The van der Waals surface area contributed by atoms with Crippen molar-refractivity contribution in [2.24, 2.45) is 5.92 Å². The van der Waals surface area contributed by atoms with Crippen molar-refractivity contribution in [1.29, 1.82) is 0 Å². The fraction of sp³-hybridized carbons (Fsp3) is 0.450. The van der Waals surface area contributed by atoms with Gasteiger partial charge in [-0.1, -0.05) is 18.9 Å². The van der Waals surface area contributed by atoms with Gasteiger partial charge in [-0.05, 0) is 52.7 Å². The van der Waals surface area contributed by atoms with E-state index in [1.807, 2.05) is 16.8 Å². The minimum Gasteiger partial charge on any atom is -0.396 e. The first-order valence-corrected chi connectivity index (χ1v) is 10.3. The maximum atomic E-state index is 9.47. The Morgan fingerprint density at radius 1 is 1.26 bits per heavy atom. The highest BCUT2D eigenvalue weighted by Crippen LogP contribution is 2.40. The second-order valence-electron chi connectivity index (χ2n) is 7.17. The summed E-state index contributed by atoms with van der Waals surface area (Å²) in [4.78, 5) is 9.11. The fourth-order valence-corrected chi connectivity index (χ4v) is 4.42. The quantitative estimate of drug-likeness (QED) is 0.615. The number of rotatable bonds is 6. The van der Waals surface area contributed by atoms with Crippen molar-refractivity contribution in [2.75, 3.05) is 11.9 Å². The molecule has 2 atom stereocenters. The van der Waals surface area contributed by atoms with Crippen LogP contribution in [0.4, 0.5) is 5.82 Å². The summed E-state index contributed by atoms with van der Waals surface area (Å²) < 4.78 is 2.73. The smallest absolute Gasteiger partial charge is 0.171 e. The Hall–Kier alpha value is -1.99. The number of aliphatic hydroxyl groups excluding tert-OH is 1. The second-order valence-corrected chi connectivity index (χ2v) is 8.03. The van der Waals surface area contributed by atoms with Gasteiger partial charge in [0.15, 0.2) is 5.65 Å². The number of hydrogen-bond acceptors (Lipinski definition) is 5. The van der Waals surface area contributed by atoms with Gasteiger partial charge in [0.1, 0.15) is 5.82 Å². The van der Waals surface area contributed by atoms with Gasteiger partial charge in [-0.3, -0.25) is 4.98 Å². The summed E-state index contributed by atoms with van der Waals surface area (Å²) in [6.45, 7) is 0.917. The molecule has 0 aliphatic heterocycles. The zero-order chi connectivity index (χ0) is 18.6. The summed E-state index contributed by atoms with van der Waals surface area (Å²) in [7, 11) is 0. The van der Waals surface area contributed by atoms with E-state index in [9.17, 15) is 5.11 Å². The third kappa shape index (κ3) is 3.99. The van der Waals surface area contributed by atoms with Gasteiger partial charge in [0, 0.05) is 43.2 Å². The number of aromatic nitrogens is 4. The van der Waals surface area contributed by atoms with E-state index in [1.165, 1.54) is 12.8 Å². The van der Waals surface area contributed by atoms with Crippen molar-refractivity contribution >= 4 is 27.4 Å². The Morgan fingerprint density at radius 3 is 2.96 bits per heavy atom. The van der Waals surface area contributed by atoms with Crippen LogP contribution in [-0.2, 0) is 6.54 Å². The average Bonchev–Trinajstić information content (AvgIpc) is 3.09. The predicted octanol–water partition coefficient (Wildman–Crippen LogP) is 4.16. The summed E-state index contributed by atoms with van der Waals surface area (Å²) in [6.07, 6.45) is 11.0. The van der Waals surface area contributed by atoms with Crippen LogP contribution >= 0.6 is 15.9 Å². The van der Waals surface area contributed by atoms with Crippen LogP contribution < -0.4 is 5.32 Å². The summed E-state index contributed by atoms with van der Waals surface area (Å²) >= 11 is 3.58. The summed E-state index contributed by atoms with van der Waals surface area (Å²) in [5, 5.41) is 17.4. The third-order valence-corrected chi connectivity index (χ3v) is 5.99. The Bertz CT molecular complexity index is 896. The summed E-state index contributed by atoms with van der Waals surface area (Å²) in [5.74, 6) is 1.81. The molecule has 0 aromatic carbocycles. The van der Waals surface area contributed by atoms with E-state index in [2.05, 4.69) is 43.5 Å². The van der Waals surface area contributed by atoms with Crippen LogP contribution in [0.3, 0.4) is 0 Å².